The van der Waals surface area contributed by atoms with Gasteiger partial charge in [0, 0.05) is 25.4 Å². The predicted molar refractivity (Wildman–Crippen MR) is 173 cm³/mol. The maximum absolute atomic E-state index is 13.2. The maximum Gasteiger partial charge on any atom is 0.333 e. The molecule has 4 amide bonds. The zero-order valence-electron chi connectivity index (χ0n) is 28.0. The highest BCUT2D eigenvalue weighted by molar-refractivity contribution is 6.55. The van der Waals surface area contributed by atoms with Gasteiger partial charge in [-0.1, -0.05) is 6.07 Å². The Bertz CT molecular complexity index is 1280. The van der Waals surface area contributed by atoms with Gasteiger partial charge in [-0.05, 0) is 64.7 Å². The van der Waals surface area contributed by atoms with Gasteiger partial charge in [0.1, 0.15) is 25.0 Å². The number of hydrogen-bond acceptors (Lipinski definition) is 11. The lowest BCUT2D eigenvalue weighted by Gasteiger charge is -2.31. The Morgan fingerprint density at radius 1 is 1.00 bits per heavy atom. The van der Waals surface area contributed by atoms with Crippen LogP contribution in [0.2, 0.25) is 0 Å². The fraction of sp³-hybridized carbons (Fsp3) is 0.613. The van der Waals surface area contributed by atoms with Crippen molar-refractivity contribution in [2.45, 2.75) is 103 Å². The molecular weight excluding hydrogens is 631 g/mol. The predicted octanol–water partition coefficient (Wildman–Crippen LogP) is -0.264. The minimum atomic E-state index is -1.30. The molecule has 0 aromatic heterocycles. The molecule has 0 saturated carbocycles. The van der Waals surface area contributed by atoms with E-state index < -0.39 is 60.6 Å². The molecule has 1 aliphatic heterocycles. The van der Waals surface area contributed by atoms with Crippen molar-refractivity contribution in [1.82, 2.24) is 21.3 Å². The molecule has 0 aliphatic carbocycles. The first kappa shape index (κ1) is 40.0. The molecule has 0 radical (unpaired) electrons. The van der Waals surface area contributed by atoms with Crippen molar-refractivity contribution in [3.63, 3.8) is 0 Å². The molecule has 1 saturated heterocycles. The SMILES string of the molecule is BC(=O)OCc1ccc(O[C@H]2C[C@@H](O)C[C@@H](C(=O)O)O2)c(C(=O)NCC(=O)NCCCC[C@H](NC(=O)COC(C)C)C(=O)NC(C)C)c1. The highest BCUT2D eigenvalue weighted by Gasteiger charge is 2.34. The second-order valence-electron chi connectivity index (χ2n) is 11.9. The molecule has 0 spiro atoms. The Hall–Kier alpha value is -4.22. The van der Waals surface area contributed by atoms with E-state index in [1.807, 2.05) is 13.8 Å². The van der Waals surface area contributed by atoms with E-state index in [0.717, 1.165) is 0 Å². The molecule has 1 aromatic carbocycles. The van der Waals surface area contributed by atoms with Crippen molar-refractivity contribution in [2.24, 2.45) is 0 Å². The average molecular weight is 679 g/mol. The number of amides is 4. The van der Waals surface area contributed by atoms with E-state index in [2.05, 4.69) is 21.3 Å². The Labute approximate surface area is 280 Å². The monoisotopic (exact) mass is 678 g/mol. The molecule has 0 unspecified atom stereocenters. The van der Waals surface area contributed by atoms with Crippen LogP contribution in [0.4, 0.5) is 4.79 Å². The van der Waals surface area contributed by atoms with E-state index >= 15 is 0 Å². The highest BCUT2D eigenvalue weighted by Crippen LogP contribution is 2.27. The average Bonchev–Trinajstić information content (AvgIpc) is 3.00. The summed E-state index contributed by atoms with van der Waals surface area (Å²) in [6, 6.07) is 3.48. The number of aliphatic hydroxyl groups excluding tert-OH is 1. The first-order valence-electron chi connectivity index (χ1n) is 15.9. The third kappa shape index (κ3) is 15.1. The molecule has 2 rings (SSSR count). The second-order valence-corrected chi connectivity index (χ2v) is 11.9. The lowest BCUT2D eigenvalue weighted by molar-refractivity contribution is -0.195. The molecule has 4 atom stereocenters. The molecule has 0 bridgehead atoms. The number of benzene rings is 1. The van der Waals surface area contributed by atoms with Gasteiger partial charge in [-0.15, -0.1) is 0 Å². The van der Waals surface area contributed by atoms with Gasteiger partial charge in [0.2, 0.25) is 37.7 Å². The van der Waals surface area contributed by atoms with E-state index in [1.54, 1.807) is 13.8 Å². The summed E-state index contributed by atoms with van der Waals surface area (Å²) >= 11 is 0. The minimum Gasteiger partial charge on any atom is -0.479 e. The molecule has 16 nitrogen and oxygen atoms in total. The Kier molecular flexibility index (Phi) is 16.8. The van der Waals surface area contributed by atoms with Crippen molar-refractivity contribution in [3.05, 3.63) is 29.3 Å². The molecule has 266 valence electrons. The first-order chi connectivity index (χ1) is 22.6. The maximum atomic E-state index is 13.2. The summed E-state index contributed by atoms with van der Waals surface area (Å²) in [5.41, 5.74) is 0.415. The Morgan fingerprint density at radius 3 is 2.38 bits per heavy atom. The number of carbonyl (C=O) groups excluding carboxylic acids is 5. The van der Waals surface area contributed by atoms with Crippen molar-refractivity contribution in [1.29, 1.82) is 0 Å². The summed E-state index contributed by atoms with van der Waals surface area (Å²) in [4.78, 5) is 73.2. The summed E-state index contributed by atoms with van der Waals surface area (Å²) < 4.78 is 21.5. The molecule has 1 aliphatic rings. The number of aliphatic carboxylic acids is 1. The van der Waals surface area contributed by atoms with Gasteiger partial charge >= 0.3 is 5.97 Å². The summed E-state index contributed by atoms with van der Waals surface area (Å²) in [5.74, 6) is -3.71. The van der Waals surface area contributed by atoms with E-state index in [9.17, 15) is 39.0 Å². The minimum absolute atomic E-state index is 0.00152. The van der Waals surface area contributed by atoms with E-state index in [1.165, 1.54) is 26.0 Å². The van der Waals surface area contributed by atoms with Crippen molar-refractivity contribution >= 4 is 43.3 Å². The van der Waals surface area contributed by atoms with Crippen LogP contribution in [0.3, 0.4) is 0 Å². The molecule has 48 heavy (non-hydrogen) atoms. The first-order valence-corrected chi connectivity index (χ1v) is 15.9. The number of nitrogens with one attached hydrogen (secondary N) is 4. The third-order valence-electron chi connectivity index (χ3n) is 6.81. The van der Waals surface area contributed by atoms with Crippen LogP contribution in [-0.2, 0) is 40.0 Å². The van der Waals surface area contributed by atoms with Gasteiger partial charge in [-0.25, -0.2) is 4.79 Å². The second kappa shape index (κ2) is 20.2. The summed E-state index contributed by atoms with van der Waals surface area (Å²) in [5, 5.41) is 30.1. The van der Waals surface area contributed by atoms with Crippen molar-refractivity contribution in [3.8, 4) is 5.75 Å². The summed E-state index contributed by atoms with van der Waals surface area (Å²) in [6.45, 7) is 6.77. The van der Waals surface area contributed by atoms with Crippen LogP contribution < -0.4 is 26.0 Å². The van der Waals surface area contributed by atoms with Crippen LogP contribution >= 0.6 is 0 Å². The van der Waals surface area contributed by atoms with Gasteiger partial charge in [-0.3, -0.25) is 24.0 Å². The summed E-state index contributed by atoms with van der Waals surface area (Å²) in [6.07, 6.45) is -2.42. The van der Waals surface area contributed by atoms with Crippen LogP contribution in [-0.4, -0.2) is 110 Å². The standard InChI is InChI=1S/C31H47BN4O12/c1-17(2)35-29(41)22(36-26(39)16-45-18(3)4)7-5-6-10-33-25(38)14-34-28(40)21-11-19(15-46-31(32)44)8-9-23(21)47-27-13-20(37)12-24(48-27)30(42)43/h8-9,11,17-18,20,22,24,27,37H,5-7,10,12-16,32H2,1-4H3,(H,33,38)(H,34,40)(H,35,41)(H,36,39)(H,42,43)/t20-,22-,24-,27+/m0/s1. The van der Waals surface area contributed by atoms with Crippen LogP contribution in [0, 0.1) is 0 Å². The summed E-state index contributed by atoms with van der Waals surface area (Å²) in [7, 11) is 1.23. The van der Waals surface area contributed by atoms with Gasteiger partial charge < -0.3 is 50.4 Å². The topological polar surface area (TPSA) is 228 Å². The quantitative estimate of drug-likeness (QED) is 0.0822. The van der Waals surface area contributed by atoms with Gasteiger partial charge in [-0.2, -0.15) is 0 Å². The molecule has 1 aromatic rings. The number of aliphatic hydroxyl groups is 1. The number of carboxylic acid groups (broad SMARTS) is 1. The zero-order chi connectivity index (χ0) is 35.8. The zero-order valence-corrected chi connectivity index (χ0v) is 28.0. The van der Waals surface area contributed by atoms with Crippen LogP contribution in [0.5, 0.6) is 5.75 Å². The fourth-order valence-corrected chi connectivity index (χ4v) is 4.52. The molecule has 17 heteroatoms. The number of unbranched alkanes of at least 4 members (excludes halogenated alkanes) is 1. The van der Waals surface area contributed by atoms with E-state index in [4.69, 9.17) is 18.9 Å². The Morgan fingerprint density at radius 2 is 1.73 bits per heavy atom. The number of rotatable bonds is 19. The molecule has 1 fully saturated rings. The Balaban J connectivity index is 1.94. The number of carboxylic acids is 1. The lowest BCUT2D eigenvalue weighted by Crippen LogP contribution is -2.49. The largest absolute Gasteiger partial charge is 0.479 e. The van der Waals surface area contributed by atoms with Crippen molar-refractivity contribution in [2.75, 3.05) is 19.7 Å². The van der Waals surface area contributed by atoms with Crippen LogP contribution in [0.15, 0.2) is 18.2 Å². The molecule has 1 heterocycles. The smallest absolute Gasteiger partial charge is 0.333 e. The highest BCUT2D eigenvalue weighted by atomic mass is 16.7. The van der Waals surface area contributed by atoms with Gasteiger partial charge in [0.15, 0.2) is 6.10 Å². The van der Waals surface area contributed by atoms with Gasteiger partial charge in [0.05, 0.1) is 24.3 Å². The molecule has 6 N–H and O–H groups in total. The van der Waals surface area contributed by atoms with E-state index in [-0.39, 0.29) is 62.0 Å². The number of hydrogen-bond donors (Lipinski definition) is 6. The normalized spacial score (nSPS) is 18.0. The fourth-order valence-electron chi connectivity index (χ4n) is 4.52. The van der Waals surface area contributed by atoms with Gasteiger partial charge in [0.25, 0.3) is 5.91 Å². The van der Waals surface area contributed by atoms with Crippen LogP contribution in [0.1, 0.15) is 75.7 Å². The lowest BCUT2D eigenvalue weighted by atomic mass is 10.0. The molecular formula is C31H47BN4O12. The third-order valence-corrected chi connectivity index (χ3v) is 6.81. The van der Waals surface area contributed by atoms with E-state index in [0.29, 0.717) is 24.8 Å². The van der Waals surface area contributed by atoms with Crippen molar-refractivity contribution < 1.29 is 57.9 Å². The van der Waals surface area contributed by atoms with Crippen LogP contribution in [0.25, 0.3) is 0 Å². The number of ether oxygens (including phenoxy) is 4. The number of carbonyl (C=O) groups is 6.